The molecule has 22 heteroatoms. The summed E-state index contributed by atoms with van der Waals surface area (Å²) < 4.78 is 79.1. The Morgan fingerprint density at radius 3 is 0.919 bits per heavy atom. The second-order valence-corrected chi connectivity index (χ2v) is 19.7. The van der Waals surface area contributed by atoms with Crippen LogP contribution in [0.4, 0.5) is 22.7 Å². The summed E-state index contributed by atoms with van der Waals surface area (Å²) in [5.74, 6) is -12.3. The predicted octanol–water partition coefficient (Wildman–Crippen LogP) is 3.97. The summed E-state index contributed by atoms with van der Waals surface area (Å²) in [6, 6.07) is 29.9. The van der Waals surface area contributed by atoms with Crippen LogP contribution in [0.2, 0.25) is 0 Å². The van der Waals surface area contributed by atoms with E-state index in [1.165, 1.54) is 134 Å². The van der Waals surface area contributed by atoms with Gasteiger partial charge in [0.2, 0.25) is 0 Å². The second-order valence-electron chi connectivity index (χ2n) is 16.5. The van der Waals surface area contributed by atoms with Crippen molar-refractivity contribution in [3.8, 4) is 0 Å². The van der Waals surface area contributed by atoms with Crippen molar-refractivity contribution in [1.82, 2.24) is 0 Å². The van der Waals surface area contributed by atoms with Crippen molar-refractivity contribution in [2.75, 3.05) is 17.2 Å². The number of amides is 4. The third kappa shape index (κ3) is 9.25. The van der Waals surface area contributed by atoms with E-state index in [0.717, 1.165) is 24.3 Å². The quantitative estimate of drug-likeness (QED) is 0.0941. The summed E-state index contributed by atoms with van der Waals surface area (Å²) in [5.41, 5.74) is -2.09. The lowest BCUT2D eigenvalue weighted by atomic mass is 9.87. The molecule has 0 N–H and O–H groups in total. The van der Waals surface area contributed by atoms with Crippen molar-refractivity contribution in [3.63, 3.8) is 0 Å². The minimum absolute atomic E-state index is 0.00896. The molecule has 2 spiro atoms. The smallest absolute Gasteiger partial charge is 0.341 e. The van der Waals surface area contributed by atoms with E-state index in [-0.39, 0.29) is 48.4 Å². The predicted molar refractivity (Wildman–Crippen MR) is 259 cm³/mol. The monoisotopic (exact) mass is 1040 g/mol. The molecule has 4 aliphatic heterocycles. The summed E-state index contributed by atoms with van der Waals surface area (Å²) in [5, 5.41) is 26.4. The van der Waals surface area contributed by atoms with E-state index < -0.39 is 102 Å². The van der Waals surface area contributed by atoms with Gasteiger partial charge in [0.1, 0.15) is 11.1 Å². The minimum atomic E-state index is -4.71. The summed E-state index contributed by atoms with van der Waals surface area (Å²) in [6.07, 6.45) is 10.8. The Morgan fingerprint density at radius 2 is 0.662 bits per heavy atom. The highest BCUT2D eigenvalue weighted by atomic mass is 32.2. The van der Waals surface area contributed by atoms with Crippen LogP contribution >= 0.6 is 0 Å². The lowest BCUT2D eigenvalue weighted by Gasteiger charge is -2.53. The third-order valence-electron chi connectivity index (χ3n) is 11.8. The third-order valence-corrected chi connectivity index (χ3v) is 15.2. The fourth-order valence-electron chi connectivity index (χ4n) is 8.28. The Hall–Kier alpha value is -9.28. The number of benzene rings is 4. The molecular formula is C52H38N4O16S2-2. The normalized spacial score (nSPS) is 20.5. The Labute approximate surface area is 422 Å². The molecule has 20 nitrogen and oxygen atoms in total. The number of rotatable bonds is 10. The SMILES string of the molecule is O=C1OC2(CCC3(CC2)OC(=O)C(/C=C/C=C/C=C2C(=O)N(c4ccccc4)S(=O)(=O)N(c4ccccc4)C2=O)=C([O-])O3)OC([O-])=C1C=CC=CC=C1C(=O)N(c2ccccc2)S(=O)(=O)N(c2ccccc2)C1=O. The van der Waals surface area contributed by atoms with E-state index in [1.54, 1.807) is 24.3 Å². The van der Waals surface area contributed by atoms with Gasteiger partial charge < -0.3 is 29.2 Å². The molecule has 5 aliphatic rings. The maximum absolute atomic E-state index is 13.7. The molecule has 2 saturated heterocycles. The Bertz CT molecular complexity index is 3100. The number of para-hydroxylation sites is 4. The zero-order valence-electron chi connectivity index (χ0n) is 38.3. The van der Waals surface area contributed by atoms with Gasteiger partial charge in [-0.3, -0.25) is 19.2 Å². The molecule has 4 amide bonds. The zero-order chi connectivity index (χ0) is 52.4. The van der Waals surface area contributed by atoms with Crippen LogP contribution in [-0.4, -0.2) is 64.0 Å². The van der Waals surface area contributed by atoms with Gasteiger partial charge in [-0.1, -0.05) is 109 Å². The van der Waals surface area contributed by atoms with Crippen molar-refractivity contribution in [3.05, 3.63) is 216 Å². The molecule has 0 unspecified atom stereocenters. The molecule has 9 rings (SSSR count). The topological polar surface area (TPSA) is 267 Å². The van der Waals surface area contributed by atoms with Gasteiger partial charge in [-0.25, -0.2) is 9.59 Å². The first-order valence-corrected chi connectivity index (χ1v) is 25.1. The van der Waals surface area contributed by atoms with Crippen molar-refractivity contribution >= 4 is 78.7 Å². The molecule has 1 saturated carbocycles. The number of anilines is 4. The van der Waals surface area contributed by atoms with Crippen LogP contribution in [0, 0.1) is 0 Å². The Kier molecular flexibility index (Phi) is 13.2. The van der Waals surface area contributed by atoms with Gasteiger partial charge in [0.15, 0.2) is 11.6 Å². The fraction of sp³-hybridized carbons (Fsp3) is 0.115. The van der Waals surface area contributed by atoms with Crippen LogP contribution in [0.25, 0.3) is 0 Å². The molecule has 3 fully saturated rings. The van der Waals surface area contributed by atoms with Crippen LogP contribution < -0.4 is 27.4 Å². The van der Waals surface area contributed by atoms with Crippen LogP contribution in [0.15, 0.2) is 216 Å². The molecular weight excluding hydrogens is 1000 g/mol. The van der Waals surface area contributed by atoms with Gasteiger partial charge in [-0.15, -0.1) is 0 Å². The minimum Gasteiger partial charge on any atom is -0.574 e. The number of nitrogens with zero attached hydrogens (tertiary/aromatic N) is 4. The number of allylic oxidation sites excluding steroid dienone is 8. The van der Waals surface area contributed by atoms with E-state index in [2.05, 4.69) is 0 Å². The van der Waals surface area contributed by atoms with Crippen LogP contribution in [0.3, 0.4) is 0 Å². The van der Waals surface area contributed by atoms with Crippen molar-refractivity contribution in [2.24, 2.45) is 0 Å². The number of carbonyl (C=O) groups excluding carboxylic acids is 6. The molecule has 0 bridgehead atoms. The summed E-state index contributed by atoms with van der Waals surface area (Å²) in [6.45, 7) is 0. The molecule has 4 aromatic rings. The molecule has 0 radical (unpaired) electrons. The summed E-state index contributed by atoms with van der Waals surface area (Å²) in [4.78, 5) is 80.7. The highest BCUT2D eigenvalue weighted by Gasteiger charge is 2.51. The second kappa shape index (κ2) is 19.7. The van der Waals surface area contributed by atoms with Gasteiger partial charge in [0.05, 0.1) is 45.8 Å². The van der Waals surface area contributed by atoms with Crippen molar-refractivity contribution < 1.29 is 74.8 Å². The van der Waals surface area contributed by atoms with Gasteiger partial charge >= 0.3 is 32.4 Å². The van der Waals surface area contributed by atoms with Crippen LogP contribution in [0.5, 0.6) is 0 Å². The van der Waals surface area contributed by atoms with E-state index in [4.69, 9.17) is 18.9 Å². The summed E-state index contributed by atoms with van der Waals surface area (Å²) >= 11 is 0. The van der Waals surface area contributed by atoms with Gasteiger partial charge in [-0.05, 0) is 72.8 Å². The molecule has 4 heterocycles. The van der Waals surface area contributed by atoms with E-state index >= 15 is 0 Å². The molecule has 376 valence electrons. The zero-order valence-corrected chi connectivity index (χ0v) is 39.9. The van der Waals surface area contributed by atoms with E-state index in [1.807, 2.05) is 0 Å². The molecule has 0 atom stereocenters. The van der Waals surface area contributed by atoms with Crippen molar-refractivity contribution in [2.45, 2.75) is 37.3 Å². The number of hydrogen-bond donors (Lipinski definition) is 0. The first kappa shape index (κ1) is 49.7. The number of ether oxygens (including phenoxy) is 4. The fourth-order valence-corrected chi connectivity index (χ4v) is 11.4. The maximum Gasteiger partial charge on any atom is 0.341 e. The lowest BCUT2D eigenvalue weighted by Crippen LogP contribution is -2.57. The molecule has 74 heavy (non-hydrogen) atoms. The average Bonchev–Trinajstić information content (AvgIpc) is 3.37. The van der Waals surface area contributed by atoms with E-state index in [9.17, 15) is 55.8 Å². The molecule has 1 aliphatic carbocycles. The van der Waals surface area contributed by atoms with Gasteiger partial charge in [0, 0.05) is 25.7 Å². The standard InChI is InChI=1S/C52H40N4O16S2/c57-43-39(44(58)54(36-21-9-2-10-22-36)73(65,66)53(43)35-19-7-1-8-20-35)27-15-5-17-29-41-47(61)69-51(70-48(41)62)31-33-52(34-32-51)71-49(63)42(50(64)72-52)30-18-6-16-28-40-45(59)55(37-23-11-3-12-24-37)74(67,68)56(46(40)60)38-25-13-4-14-26-38/h1-30,61,63H,31-34H2/p-2/b15-5+,16-6?,29-17+,30-18?. The van der Waals surface area contributed by atoms with Crippen LogP contribution in [-0.2, 0) is 68.1 Å². The highest BCUT2D eigenvalue weighted by Crippen LogP contribution is 2.46. The first-order chi connectivity index (χ1) is 35.5. The average molecular weight is 1040 g/mol. The lowest BCUT2D eigenvalue weighted by molar-refractivity contribution is -0.422. The molecule has 4 aromatic carbocycles. The summed E-state index contributed by atoms with van der Waals surface area (Å²) in [7, 11) is -9.43. The first-order valence-electron chi connectivity index (χ1n) is 22.3. The maximum atomic E-state index is 13.7. The number of hydrogen-bond acceptors (Lipinski definition) is 16. The Balaban J connectivity index is 0.845. The largest absolute Gasteiger partial charge is 0.574 e. The molecule has 0 aromatic heterocycles. The highest BCUT2D eigenvalue weighted by molar-refractivity contribution is 7.96. The van der Waals surface area contributed by atoms with Gasteiger partial charge in [-0.2, -0.15) is 34.1 Å². The number of carbonyl (C=O) groups is 6. The van der Waals surface area contributed by atoms with Crippen LogP contribution in [0.1, 0.15) is 25.7 Å². The Morgan fingerprint density at radius 1 is 0.392 bits per heavy atom. The number of esters is 2. The van der Waals surface area contributed by atoms with Crippen molar-refractivity contribution in [1.29, 1.82) is 0 Å². The van der Waals surface area contributed by atoms with Gasteiger partial charge in [0.25, 0.3) is 23.6 Å². The van der Waals surface area contributed by atoms with E-state index in [0.29, 0.717) is 17.2 Å².